The van der Waals surface area contributed by atoms with Gasteiger partial charge in [-0.2, -0.15) is 0 Å². The van der Waals surface area contributed by atoms with E-state index < -0.39 is 0 Å². The van der Waals surface area contributed by atoms with E-state index in [0.717, 1.165) is 43.1 Å². The number of aromatic nitrogens is 2. The first-order chi connectivity index (χ1) is 12.4. The van der Waals surface area contributed by atoms with E-state index in [9.17, 15) is 0 Å². The van der Waals surface area contributed by atoms with E-state index in [-0.39, 0.29) is 6.04 Å². The number of nitrogens with two attached hydrogens (primary N) is 2. The van der Waals surface area contributed by atoms with Crippen molar-refractivity contribution < 1.29 is 0 Å². The zero-order valence-electron chi connectivity index (χ0n) is 14.7. The molecule has 3 rings (SSSR count). The quantitative estimate of drug-likeness (QED) is 0.729. The van der Waals surface area contributed by atoms with Gasteiger partial charge in [-0.05, 0) is 44.2 Å². The summed E-state index contributed by atoms with van der Waals surface area (Å²) in [6, 6.07) is 5.74. The molecule has 0 aliphatic carbocycles. The molecule has 1 aromatic heterocycles. The smallest absolute Gasteiger partial charge is 0.158 e. The fourth-order valence-corrected chi connectivity index (χ4v) is 4.34. The topological polar surface area (TPSA) is 81.1 Å². The van der Waals surface area contributed by atoms with Crippen LogP contribution in [-0.4, -0.2) is 29.1 Å². The van der Waals surface area contributed by atoms with Crippen LogP contribution >= 0.6 is 35.0 Å². The number of nitrogen functional groups attached to an aromatic ring is 1. The minimum absolute atomic E-state index is 0.258. The van der Waals surface area contributed by atoms with Crippen molar-refractivity contribution in [2.45, 2.75) is 42.1 Å². The summed E-state index contributed by atoms with van der Waals surface area (Å²) >= 11 is 13.7. The van der Waals surface area contributed by atoms with E-state index in [1.54, 1.807) is 12.3 Å². The zero-order valence-corrected chi connectivity index (χ0v) is 17.0. The standard InChI is InChI=1S/C18H23Cl2N5S/c1-11(21)5-6-12-7-8-25(10-12)15-9-23-18(17(22)24-15)26-14-4-2-3-13(19)16(14)20/h2-4,9,11-12H,5-8,10,21H2,1H3,(H2,22,24)/t11-,12-/m0/s1. The van der Waals surface area contributed by atoms with Gasteiger partial charge in [-0.1, -0.05) is 41.0 Å². The summed E-state index contributed by atoms with van der Waals surface area (Å²) in [5.41, 5.74) is 12.0. The van der Waals surface area contributed by atoms with Crippen LogP contribution in [-0.2, 0) is 0 Å². The minimum Gasteiger partial charge on any atom is -0.381 e. The van der Waals surface area contributed by atoms with Gasteiger partial charge in [-0.15, -0.1) is 0 Å². The maximum Gasteiger partial charge on any atom is 0.158 e. The van der Waals surface area contributed by atoms with Gasteiger partial charge in [0.1, 0.15) is 10.8 Å². The van der Waals surface area contributed by atoms with Crippen molar-refractivity contribution >= 4 is 46.6 Å². The van der Waals surface area contributed by atoms with Crippen molar-refractivity contribution in [1.82, 2.24) is 9.97 Å². The summed E-state index contributed by atoms with van der Waals surface area (Å²) < 4.78 is 0. The molecule has 0 spiro atoms. The average molecular weight is 412 g/mol. The molecular formula is C18H23Cl2N5S. The van der Waals surface area contributed by atoms with E-state index in [0.29, 0.717) is 26.8 Å². The van der Waals surface area contributed by atoms with E-state index in [2.05, 4.69) is 21.8 Å². The summed E-state index contributed by atoms with van der Waals surface area (Å²) in [5.74, 6) is 1.89. The van der Waals surface area contributed by atoms with Crippen LogP contribution in [0, 0.1) is 5.92 Å². The summed E-state index contributed by atoms with van der Waals surface area (Å²) in [5, 5.41) is 1.64. The molecule has 0 unspecified atom stereocenters. The molecule has 4 N–H and O–H groups in total. The van der Waals surface area contributed by atoms with Crippen LogP contribution in [0.25, 0.3) is 0 Å². The van der Waals surface area contributed by atoms with Crippen LogP contribution in [0.3, 0.4) is 0 Å². The van der Waals surface area contributed by atoms with Gasteiger partial charge >= 0.3 is 0 Å². The zero-order chi connectivity index (χ0) is 18.7. The predicted molar refractivity (Wildman–Crippen MR) is 110 cm³/mol. The number of anilines is 2. The summed E-state index contributed by atoms with van der Waals surface area (Å²) in [6.45, 7) is 4.01. The third-order valence-electron chi connectivity index (χ3n) is 4.51. The Labute approximate surface area is 168 Å². The summed E-state index contributed by atoms with van der Waals surface area (Å²) in [6.07, 6.45) is 5.15. The van der Waals surface area contributed by atoms with Gasteiger partial charge in [-0.3, -0.25) is 0 Å². The van der Waals surface area contributed by atoms with E-state index in [4.69, 9.17) is 34.7 Å². The molecule has 0 bridgehead atoms. The van der Waals surface area contributed by atoms with Gasteiger partial charge in [-0.25, -0.2) is 9.97 Å². The van der Waals surface area contributed by atoms with Gasteiger partial charge in [0.05, 0.1) is 16.2 Å². The Hall–Kier alpha value is -1.21. The maximum absolute atomic E-state index is 6.24. The molecule has 0 radical (unpaired) electrons. The van der Waals surface area contributed by atoms with E-state index in [1.165, 1.54) is 11.8 Å². The van der Waals surface area contributed by atoms with Gasteiger partial charge in [0.25, 0.3) is 0 Å². The molecule has 1 aliphatic rings. The Morgan fingerprint density at radius 3 is 2.92 bits per heavy atom. The number of hydrogen-bond acceptors (Lipinski definition) is 6. The van der Waals surface area contributed by atoms with Crippen LogP contribution in [0.2, 0.25) is 10.0 Å². The molecule has 5 nitrogen and oxygen atoms in total. The fourth-order valence-electron chi connectivity index (χ4n) is 3.06. The van der Waals surface area contributed by atoms with Crippen LogP contribution in [0.1, 0.15) is 26.2 Å². The average Bonchev–Trinajstić information content (AvgIpc) is 3.08. The Morgan fingerprint density at radius 1 is 1.38 bits per heavy atom. The summed E-state index contributed by atoms with van der Waals surface area (Å²) in [7, 11) is 0. The Bertz CT molecular complexity index is 771. The highest BCUT2D eigenvalue weighted by Gasteiger charge is 2.24. The van der Waals surface area contributed by atoms with Crippen LogP contribution < -0.4 is 16.4 Å². The molecule has 1 saturated heterocycles. The first-order valence-electron chi connectivity index (χ1n) is 8.69. The lowest BCUT2D eigenvalue weighted by Gasteiger charge is -2.18. The van der Waals surface area contributed by atoms with Gasteiger partial charge in [0.15, 0.2) is 5.82 Å². The number of nitrogens with zero attached hydrogens (tertiary/aromatic N) is 3. The SMILES string of the molecule is C[C@H](N)CC[C@H]1CCN(c2cnc(Sc3cccc(Cl)c3Cl)c(N)n2)C1. The van der Waals surface area contributed by atoms with Crippen molar-refractivity contribution in [2.24, 2.45) is 11.7 Å². The third-order valence-corrected chi connectivity index (χ3v) is 6.51. The Balaban J connectivity index is 1.67. The molecule has 2 heterocycles. The molecule has 1 aliphatic heterocycles. The van der Waals surface area contributed by atoms with Crippen molar-refractivity contribution in [3.63, 3.8) is 0 Å². The second-order valence-corrected chi connectivity index (χ2v) is 8.54. The van der Waals surface area contributed by atoms with Crippen LogP contribution in [0.15, 0.2) is 34.3 Å². The molecule has 8 heteroatoms. The van der Waals surface area contributed by atoms with Crippen molar-refractivity contribution in [1.29, 1.82) is 0 Å². The highest BCUT2D eigenvalue weighted by molar-refractivity contribution is 7.99. The monoisotopic (exact) mass is 411 g/mol. The lowest BCUT2D eigenvalue weighted by molar-refractivity contribution is 0.483. The Morgan fingerprint density at radius 2 is 2.19 bits per heavy atom. The Kier molecular flexibility index (Phi) is 6.51. The molecule has 26 heavy (non-hydrogen) atoms. The molecule has 2 aromatic rings. The molecule has 140 valence electrons. The van der Waals surface area contributed by atoms with Gasteiger partial charge in [0.2, 0.25) is 0 Å². The van der Waals surface area contributed by atoms with Crippen molar-refractivity contribution in [3.05, 3.63) is 34.4 Å². The van der Waals surface area contributed by atoms with E-state index in [1.807, 2.05) is 12.1 Å². The van der Waals surface area contributed by atoms with Crippen molar-refractivity contribution in [3.8, 4) is 0 Å². The first kappa shape index (κ1) is 19.5. The molecule has 1 aromatic carbocycles. The number of rotatable bonds is 6. The largest absolute Gasteiger partial charge is 0.381 e. The van der Waals surface area contributed by atoms with Crippen molar-refractivity contribution in [2.75, 3.05) is 23.7 Å². The van der Waals surface area contributed by atoms with Gasteiger partial charge in [0, 0.05) is 24.0 Å². The van der Waals surface area contributed by atoms with E-state index >= 15 is 0 Å². The minimum atomic E-state index is 0.258. The van der Waals surface area contributed by atoms with Crippen LogP contribution in [0.5, 0.6) is 0 Å². The highest BCUT2D eigenvalue weighted by atomic mass is 35.5. The molecular weight excluding hydrogens is 389 g/mol. The molecule has 0 saturated carbocycles. The molecule has 1 fully saturated rings. The number of halogens is 2. The molecule has 0 amide bonds. The predicted octanol–water partition coefficient (Wildman–Crippen LogP) is 4.47. The lowest BCUT2D eigenvalue weighted by Crippen LogP contribution is -2.22. The number of benzene rings is 1. The first-order valence-corrected chi connectivity index (χ1v) is 10.3. The second kappa shape index (κ2) is 8.65. The normalized spacial score (nSPS) is 18.3. The second-order valence-electron chi connectivity index (χ2n) is 6.73. The van der Waals surface area contributed by atoms with Crippen LogP contribution in [0.4, 0.5) is 11.6 Å². The number of hydrogen-bond donors (Lipinski definition) is 2. The lowest BCUT2D eigenvalue weighted by atomic mass is 10.0. The highest BCUT2D eigenvalue weighted by Crippen LogP contribution is 2.38. The third kappa shape index (κ3) is 4.74. The summed E-state index contributed by atoms with van der Waals surface area (Å²) in [4.78, 5) is 12.1. The maximum atomic E-state index is 6.24. The molecule has 2 atom stereocenters. The fraction of sp³-hybridized carbons (Fsp3) is 0.444. The van der Waals surface area contributed by atoms with Gasteiger partial charge < -0.3 is 16.4 Å².